The SMILES string of the molecule is Cc1nn(C)c(Cl)c1CCC(O)C(C)(C)C. The Labute approximate surface area is 102 Å². The number of rotatable bonds is 3. The van der Waals surface area contributed by atoms with Crippen molar-refractivity contribution in [2.75, 3.05) is 0 Å². The molecule has 1 aromatic heterocycles. The monoisotopic (exact) mass is 244 g/mol. The molecule has 0 amide bonds. The molecule has 0 bridgehead atoms. The summed E-state index contributed by atoms with van der Waals surface area (Å²) in [6.45, 7) is 8.06. The lowest BCUT2D eigenvalue weighted by Gasteiger charge is -2.25. The van der Waals surface area contributed by atoms with Gasteiger partial charge in [0.2, 0.25) is 0 Å². The molecule has 0 aliphatic carbocycles. The van der Waals surface area contributed by atoms with Crippen LogP contribution in [0.1, 0.15) is 38.4 Å². The molecule has 0 spiro atoms. The van der Waals surface area contributed by atoms with E-state index in [2.05, 4.69) is 5.10 Å². The van der Waals surface area contributed by atoms with Gasteiger partial charge in [0.25, 0.3) is 0 Å². The summed E-state index contributed by atoms with van der Waals surface area (Å²) >= 11 is 6.13. The fourth-order valence-corrected chi connectivity index (χ4v) is 1.94. The van der Waals surface area contributed by atoms with E-state index < -0.39 is 0 Å². The van der Waals surface area contributed by atoms with Gasteiger partial charge in [0.1, 0.15) is 5.15 Å². The van der Waals surface area contributed by atoms with Crippen molar-refractivity contribution < 1.29 is 5.11 Å². The van der Waals surface area contributed by atoms with E-state index in [-0.39, 0.29) is 11.5 Å². The Hall–Kier alpha value is -0.540. The Kier molecular flexibility index (Phi) is 4.02. The lowest BCUT2D eigenvalue weighted by Crippen LogP contribution is -2.26. The zero-order valence-electron chi connectivity index (χ0n) is 10.7. The minimum Gasteiger partial charge on any atom is -0.393 e. The molecule has 1 heterocycles. The maximum Gasteiger partial charge on any atom is 0.130 e. The molecule has 0 radical (unpaired) electrons. The maximum atomic E-state index is 9.97. The molecule has 1 atom stereocenters. The van der Waals surface area contributed by atoms with Crippen LogP contribution in [-0.2, 0) is 13.5 Å². The number of aryl methyl sites for hydroxylation is 2. The molecule has 1 rings (SSSR count). The Morgan fingerprint density at radius 2 is 2.00 bits per heavy atom. The smallest absolute Gasteiger partial charge is 0.130 e. The summed E-state index contributed by atoms with van der Waals surface area (Å²) in [7, 11) is 1.83. The Balaban J connectivity index is 2.68. The zero-order chi connectivity index (χ0) is 12.5. The van der Waals surface area contributed by atoms with E-state index in [0.29, 0.717) is 5.15 Å². The molecule has 0 aliphatic rings. The molecule has 4 heteroatoms. The highest BCUT2D eigenvalue weighted by atomic mass is 35.5. The van der Waals surface area contributed by atoms with Gasteiger partial charge in [-0.1, -0.05) is 32.4 Å². The number of nitrogens with zero attached hydrogens (tertiary/aromatic N) is 2. The van der Waals surface area contributed by atoms with Crippen LogP contribution >= 0.6 is 11.6 Å². The third kappa shape index (κ3) is 2.98. The van der Waals surface area contributed by atoms with Gasteiger partial charge in [0, 0.05) is 12.6 Å². The van der Waals surface area contributed by atoms with Gasteiger partial charge in [-0.15, -0.1) is 0 Å². The van der Waals surface area contributed by atoms with Crippen molar-refractivity contribution in [3.8, 4) is 0 Å². The molecule has 0 saturated heterocycles. The van der Waals surface area contributed by atoms with Gasteiger partial charge in [-0.2, -0.15) is 5.10 Å². The van der Waals surface area contributed by atoms with E-state index in [1.165, 1.54) is 0 Å². The summed E-state index contributed by atoms with van der Waals surface area (Å²) in [6.07, 6.45) is 1.18. The average Bonchev–Trinajstić information content (AvgIpc) is 2.37. The average molecular weight is 245 g/mol. The van der Waals surface area contributed by atoms with Crippen molar-refractivity contribution in [1.82, 2.24) is 9.78 Å². The largest absolute Gasteiger partial charge is 0.393 e. The van der Waals surface area contributed by atoms with Gasteiger partial charge in [0.05, 0.1) is 11.8 Å². The fourth-order valence-electron chi connectivity index (χ4n) is 1.67. The summed E-state index contributed by atoms with van der Waals surface area (Å²) < 4.78 is 1.68. The van der Waals surface area contributed by atoms with Crippen molar-refractivity contribution in [2.24, 2.45) is 12.5 Å². The molecule has 1 N–H and O–H groups in total. The third-order valence-corrected chi connectivity index (χ3v) is 3.41. The molecular weight excluding hydrogens is 224 g/mol. The summed E-state index contributed by atoms with van der Waals surface area (Å²) in [4.78, 5) is 0. The lowest BCUT2D eigenvalue weighted by atomic mass is 9.86. The van der Waals surface area contributed by atoms with Gasteiger partial charge in [-0.25, -0.2) is 0 Å². The van der Waals surface area contributed by atoms with Crippen LogP contribution in [0, 0.1) is 12.3 Å². The number of halogens is 1. The van der Waals surface area contributed by atoms with Crippen LogP contribution in [0.15, 0.2) is 0 Å². The highest BCUT2D eigenvalue weighted by Gasteiger charge is 2.23. The molecule has 92 valence electrons. The first-order valence-electron chi connectivity index (χ1n) is 5.59. The van der Waals surface area contributed by atoms with Gasteiger partial charge < -0.3 is 5.11 Å². The maximum absolute atomic E-state index is 9.97. The minimum absolute atomic E-state index is 0.0808. The molecule has 0 aromatic carbocycles. The Bertz CT molecular complexity index is 366. The Morgan fingerprint density at radius 1 is 1.44 bits per heavy atom. The first-order chi connectivity index (χ1) is 7.23. The number of aliphatic hydroxyl groups is 1. The van der Waals surface area contributed by atoms with Crippen LogP contribution in [0.5, 0.6) is 0 Å². The topological polar surface area (TPSA) is 38.0 Å². The normalized spacial score (nSPS) is 14.2. The number of aliphatic hydroxyl groups excluding tert-OH is 1. The van der Waals surface area contributed by atoms with E-state index in [4.69, 9.17) is 11.6 Å². The van der Waals surface area contributed by atoms with Gasteiger partial charge >= 0.3 is 0 Å². The highest BCUT2D eigenvalue weighted by Crippen LogP contribution is 2.26. The van der Waals surface area contributed by atoms with E-state index in [1.54, 1.807) is 4.68 Å². The Morgan fingerprint density at radius 3 is 2.38 bits per heavy atom. The van der Waals surface area contributed by atoms with Crippen LogP contribution in [-0.4, -0.2) is 21.0 Å². The summed E-state index contributed by atoms with van der Waals surface area (Å²) in [5.41, 5.74) is 1.92. The van der Waals surface area contributed by atoms with E-state index in [0.717, 1.165) is 24.1 Å². The predicted octanol–water partition coefficient (Wildman–Crippen LogP) is 2.72. The summed E-state index contributed by atoms with van der Waals surface area (Å²) in [5, 5.41) is 14.9. The van der Waals surface area contributed by atoms with E-state index in [1.807, 2.05) is 34.7 Å². The lowest BCUT2D eigenvalue weighted by molar-refractivity contribution is 0.0560. The van der Waals surface area contributed by atoms with Gasteiger partial charge in [-0.3, -0.25) is 4.68 Å². The van der Waals surface area contributed by atoms with Crippen LogP contribution in [0.4, 0.5) is 0 Å². The first-order valence-corrected chi connectivity index (χ1v) is 5.97. The second-order valence-electron chi connectivity index (χ2n) is 5.40. The first kappa shape index (κ1) is 13.5. The number of hydrogen-bond acceptors (Lipinski definition) is 2. The highest BCUT2D eigenvalue weighted by molar-refractivity contribution is 6.30. The summed E-state index contributed by atoms with van der Waals surface area (Å²) in [6, 6.07) is 0. The van der Waals surface area contributed by atoms with Gasteiger partial charge in [0.15, 0.2) is 0 Å². The van der Waals surface area contributed by atoms with E-state index >= 15 is 0 Å². The van der Waals surface area contributed by atoms with Crippen molar-refractivity contribution in [2.45, 2.75) is 46.6 Å². The van der Waals surface area contributed by atoms with Crippen molar-refractivity contribution >= 4 is 11.6 Å². The molecule has 0 saturated carbocycles. The van der Waals surface area contributed by atoms with Crippen LogP contribution in [0.25, 0.3) is 0 Å². The van der Waals surface area contributed by atoms with Crippen LogP contribution in [0.2, 0.25) is 5.15 Å². The molecule has 16 heavy (non-hydrogen) atoms. The minimum atomic E-state index is -0.317. The van der Waals surface area contributed by atoms with Crippen LogP contribution in [0.3, 0.4) is 0 Å². The number of aromatic nitrogens is 2. The molecule has 1 aromatic rings. The predicted molar refractivity (Wildman–Crippen MR) is 66.7 cm³/mol. The summed E-state index contributed by atoms with van der Waals surface area (Å²) in [5.74, 6) is 0. The molecular formula is C12H21ClN2O. The zero-order valence-corrected chi connectivity index (χ0v) is 11.5. The molecule has 1 unspecified atom stereocenters. The standard InChI is InChI=1S/C12H21ClN2O/c1-8-9(11(13)15(5)14-8)6-7-10(16)12(2,3)4/h10,16H,6-7H2,1-5H3. The van der Waals surface area contributed by atoms with E-state index in [9.17, 15) is 5.11 Å². The number of hydrogen-bond donors (Lipinski definition) is 1. The molecule has 0 aliphatic heterocycles. The molecule has 3 nitrogen and oxygen atoms in total. The fraction of sp³-hybridized carbons (Fsp3) is 0.750. The molecule has 0 fully saturated rings. The second-order valence-corrected chi connectivity index (χ2v) is 5.76. The van der Waals surface area contributed by atoms with Gasteiger partial charge in [-0.05, 0) is 25.2 Å². The second kappa shape index (κ2) is 4.76. The van der Waals surface area contributed by atoms with Crippen LogP contribution < -0.4 is 0 Å². The third-order valence-electron chi connectivity index (χ3n) is 2.94. The van der Waals surface area contributed by atoms with Crippen molar-refractivity contribution in [1.29, 1.82) is 0 Å². The quantitative estimate of drug-likeness (QED) is 0.888. The van der Waals surface area contributed by atoms with Crippen molar-refractivity contribution in [3.63, 3.8) is 0 Å². The van der Waals surface area contributed by atoms with Crippen molar-refractivity contribution in [3.05, 3.63) is 16.4 Å².